The monoisotopic (exact) mass is 290 g/mol. The maximum atomic E-state index is 13.6. The molecule has 2 rings (SSSR count). The molecule has 0 fully saturated rings. The van der Waals surface area contributed by atoms with Gasteiger partial charge >= 0.3 is 5.97 Å². The molecule has 0 radical (unpaired) electrons. The first-order valence-electron chi connectivity index (χ1n) is 6.60. The summed E-state index contributed by atoms with van der Waals surface area (Å²) in [5.74, 6) is -2.39. The van der Waals surface area contributed by atoms with E-state index in [2.05, 4.69) is 11.3 Å². The van der Waals surface area contributed by atoms with Crippen LogP contribution >= 0.6 is 0 Å². The molecule has 4 heteroatoms. The summed E-state index contributed by atoms with van der Waals surface area (Å²) in [6, 6.07) is 4.02. The molecule has 1 aromatic carbocycles. The van der Waals surface area contributed by atoms with E-state index in [-0.39, 0.29) is 17.4 Å². The number of methoxy groups -OCH3 is 1. The molecule has 2 unspecified atom stereocenters. The van der Waals surface area contributed by atoms with Crippen LogP contribution in [0.15, 0.2) is 48.6 Å². The summed E-state index contributed by atoms with van der Waals surface area (Å²) >= 11 is 0. The van der Waals surface area contributed by atoms with E-state index < -0.39 is 17.6 Å². The Hall–Kier alpha value is -2.23. The second kappa shape index (κ2) is 6.48. The third-order valence-corrected chi connectivity index (χ3v) is 3.59. The third-order valence-electron chi connectivity index (χ3n) is 3.59. The van der Waals surface area contributed by atoms with Gasteiger partial charge in [0, 0.05) is 23.0 Å². The molecule has 1 aliphatic rings. The van der Waals surface area contributed by atoms with Gasteiger partial charge in [0.25, 0.3) is 0 Å². The largest absolute Gasteiger partial charge is 0.466 e. The molecular weight excluding hydrogens is 274 g/mol. The Balaban J connectivity index is 2.16. The predicted molar refractivity (Wildman–Crippen MR) is 77.3 cm³/mol. The van der Waals surface area contributed by atoms with Gasteiger partial charge in [-0.25, -0.2) is 13.6 Å². The SMILES string of the molecule is C=C(C(=O)OC)C1CC=CC1C=Cc1cccc(F)c1F. The Morgan fingerprint density at radius 2 is 2.19 bits per heavy atom. The van der Waals surface area contributed by atoms with Gasteiger partial charge in [-0.2, -0.15) is 0 Å². The van der Waals surface area contributed by atoms with Gasteiger partial charge in [0.15, 0.2) is 11.6 Å². The van der Waals surface area contributed by atoms with Crippen LogP contribution in [-0.4, -0.2) is 13.1 Å². The Bertz CT molecular complexity index is 617. The second-order valence-electron chi connectivity index (χ2n) is 4.87. The highest BCUT2D eigenvalue weighted by Gasteiger charge is 2.27. The number of hydrogen-bond acceptors (Lipinski definition) is 2. The lowest BCUT2D eigenvalue weighted by atomic mass is 9.88. The number of allylic oxidation sites excluding steroid dienone is 3. The zero-order chi connectivity index (χ0) is 15.4. The van der Waals surface area contributed by atoms with Crippen molar-refractivity contribution in [1.29, 1.82) is 0 Å². The topological polar surface area (TPSA) is 26.3 Å². The highest BCUT2D eigenvalue weighted by molar-refractivity contribution is 5.88. The number of carbonyl (C=O) groups excluding carboxylic acids is 1. The van der Waals surface area contributed by atoms with Crippen LogP contribution in [0.25, 0.3) is 6.08 Å². The van der Waals surface area contributed by atoms with Crippen molar-refractivity contribution in [2.45, 2.75) is 6.42 Å². The van der Waals surface area contributed by atoms with Crippen LogP contribution < -0.4 is 0 Å². The van der Waals surface area contributed by atoms with Crippen LogP contribution in [-0.2, 0) is 9.53 Å². The Morgan fingerprint density at radius 1 is 1.43 bits per heavy atom. The minimum absolute atomic E-state index is 0.0840. The highest BCUT2D eigenvalue weighted by atomic mass is 19.2. The van der Waals surface area contributed by atoms with Crippen LogP contribution in [0, 0.1) is 23.5 Å². The highest BCUT2D eigenvalue weighted by Crippen LogP contribution is 2.33. The standard InChI is InChI=1S/C17H16F2O2/c1-11(17(20)21-2)14-7-3-5-12(14)9-10-13-6-4-8-15(18)16(13)19/h3-6,8-10,12,14H,1,7H2,2H3. The van der Waals surface area contributed by atoms with Crippen LogP contribution in [0.1, 0.15) is 12.0 Å². The first-order valence-corrected chi connectivity index (χ1v) is 6.60. The fourth-order valence-electron chi connectivity index (χ4n) is 2.39. The first kappa shape index (κ1) is 15.2. The van der Waals surface area contributed by atoms with E-state index in [0.717, 1.165) is 6.07 Å². The van der Waals surface area contributed by atoms with E-state index in [4.69, 9.17) is 0 Å². The first-order chi connectivity index (χ1) is 10.0. The molecule has 0 bridgehead atoms. The molecule has 2 nitrogen and oxygen atoms in total. The predicted octanol–water partition coefficient (Wildman–Crippen LogP) is 3.90. The minimum atomic E-state index is -0.880. The van der Waals surface area contributed by atoms with Gasteiger partial charge in [-0.3, -0.25) is 0 Å². The van der Waals surface area contributed by atoms with Crippen LogP contribution in [0.4, 0.5) is 8.78 Å². The van der Waals surface area contributed by atoms with Crippen molar-refractivity contribution < 1.29 is 18.3 Å². The van der Waals surface area contributed by atoms with Gasteiger partial charge in [-0.1, -0.05) is 43.0 Å². The third kappa shape index (κ3) is 3.27. The molecule has 0 saturated heterocycles. The lowest BCUT2D eigenvalue weighted by molar-refractivity contribution is -0.136. The molecule has 0 N–H and O–H groups in total. The fraction of sp³-hybridized carbons (Fsp3) is 0.235. The summed E-state index contributed by atoms with van der Waals surface area (Å²) in [5, 5.41) is 0. The number of carbonyl (C=O) groups is 1. The van der Waals surface area contributed by atoms with Crippen LogP contribution in [0.3, 0.4) is 0 Å². The minimum Gasteiger partial charge on any atom is -0.466 e. The summed E-state index contributed by atoms with van der Waals surface area (Å²) in [6.45, 7) is 3.76. The van der Waals surface area contributed by atoms with Gasteiger partial charge in [0.1, 0.15) is 0 Å². The van der Waals surface area contributed by atoms with Gasteiger partial charge in [-0.05, 0) is 12.5 Å². The van der Waals surface area contributed by atoms with Crippen molar-refractivity contribution in [2.75, 3.05) is 7.11 Å². The average molecular weight is 290 g/mol. The molecule has 2 atom stereocenters. The summed E-state index contributed by atoms with van der Waals surface area (Å²) in [6.07, 6.45) is 7.81. The molecule has 1 aliphatic carbocycles. The molecule has 0 aliphatic heterocycles. The smallest absolute Gasteiger partial charge is 0.333 e. The van der Waals surface area contributed by atoms with Gasteiger partial charge in [0.05, 0.1) is 7.11 Å². The van der Waals surface area contributed by atoms with E-state index >= 15 is 0 Å². The Labute approximate surface area is 122 Å². The van der Waals surface area contributed by atoms with Crippen LogP contribution in [0.5, 0.6) is 0 Å². The lowest BCUT2D eigenvalue weighted by Crippen LogP contribution is -2.16. The van der Waals surface area contributed by atoms with Gasteiger partial charge in [0.2, 0.25) is 0 Å². The summed E-state index contributed by atoms with van der Waals surface area (Å²) in [4.78, 5) is 11.5. The van der Waals surface area contributed by atoms with Gasteiger partial charge < -0.3 is 4.74 Å². The molecule has 1 aromatic rings. The van der Waals surface area contributed by atoms with Crippen molar-refractivity contribution in [3.8, 4) is 0 Å². The molecule has 0 aromatic heterocycles. The average Bonchev–Trinajstić information content (AvgIpc) is 2.95. The maximum absolute atomic E-state index is 13.6. The van der Waals surface area contributed by atoms with E-state index in [0.29, 0.717) is 12.0 Å². The molecule has 0 heterocycles. The molecular formula is C17H16F2O2. The molecule has 110 valence electrons. The summed E-state index contributed by atoms with van der Waals surface area (Å²) < 4.78 is 31.4. The second-order valence-corrected chi connectivity index (χ2v) is 4.87. The van der Waals surface area contributed by atoms with E-state index in [1.165, 1.54) is 25.3 Å². The number of halogens is 2. The number of benzene rings is 1. The number of rotatable bonds is 4. The summed E-state index contributed by atoms with van der Waals surface area (Å²) in [7, 11) is 1.31. The van der Waals surface area contributed by atoms with E-state index in [9.17, 15) is 13.6 Å². The number of esters is 1. The maximum Gasteiger partial charge on any atom is 0.333 e. The zero-order valence-electron chi connectivity index (χ0n) is 11.7. The van der Waals surface area contributed by atoms with E-state index in [1.54, 1.807) is 6.08 Å². The molecule has 0 spiro atoms. The van der Waals surface area contributed by atoms with Crippen molar-refractivity contribution in [3.63, 3.8) is 0 Å². The molecule has 0 amide bonds. The van der Waals surface area contributed by atoms with Crippen molar-refractivity contribution in [2.24, 2.45) is 11.8 Å². The Kier molecular flexibility index (Phi) is 4.68. The van der Waals surface area contributed by atoms with E-state index in [1.807, 2.05) is 12.2 Å². The molecule has 0 saturated carbocycles. The fourth-order valence-corrected chi connectivity index (χ4v) is 2.39. The van der Waals surface area contributed by atoms with Crippen molar-refractivity contribution in [3.05, 3.63) is 65.8 Å². The zero-order valence-corrected chi connectivity index (χ0v) is 11.7. The van der Waals surface area contributed by atoms with Crippen LogP contribution in [0.2, 0.25) is 0 Å². The molecule has 21 heavy (non-hydrogen) atoms. The normalized spacial score (nSPS) is 20.9. The lowest BCUT2D eigenvalue weighted by Gasteiger charge is -2.17. The van der Waals surface area contributed by atoms with Crippen molar-refractivity contribution >= 4 is 12.0 Å². The Morgan fingerprint density at radius 3 is 2.90 bits per heavy atom. The number of ether oxygens (including phenoxy) is 1. The van der Waals surface area contributed by atoms with Gasteiger partial charge in [-0.15, -0.1) is 0 Å². The summed E-state index contributed by atoms with van der Waals surface area (Å²) in [5.41, 5.74) is 0.564. The number of hydrogen-bond donors (Lipinski definition) is 0. The quantitative estimate of drug-likeness (QED) is 0.477. The van der Waals surface area contributed by atoms with Crippen molar-refractivity contribution in [1.82, 2.24) is 0 Å².